The summed E-state index contributed by atoms with van der Waals surface area (Å²) in [6.07, 6.45) is 0.0288. The van der Waals surface area contributed by atoms with Crippen LogP contribution in [0, 0.1) is 11.2 Å². The first-order chi connectivity index (χ1) is 14.5. The van der Waals surface area contributed by atoms with Crippen molar-refractivity contribution >= 4 is 11.7 Å². The van der Waals surface area contributed by atoms with Crippen LogP contribution in [-0.2, 0) is 17.8 Å². The highest BCUT2D eigenvalue weighted by Crippen LogP contribution is 2.20. The Balaban J connectivity index is 1.49. The van der Waals surface area contributed by atoms with E-state index in [0.717, 1.165) is 11.1 Å². The predicted molar refractivity (Wildman–Crippen MR) is 112 cm³/mol. The number of hydrogen-bond donors (Lipinski definition) is 2. The van der Waals surface area contributed by atoms with Crippen molar-refractivity contribution in [3.05, 3.63) is 95.3 Å². The largest absolute Gasteiger partial charge is 0.489 e. The molecule has 0 aliphatic heterocycles. The highest BCUT2D eigenvalue weighted by molar-refractivity contribution is 5.99. The standard InChI is InChI=1S/C24H22FNO4/c25-22-14-21(12-8-18(22)9-13-24(27)28)29-15-17-6-10-20(11-7-17)30-16-23(26)19-4-2-1-3-5-19/h1-8,10-12,14,26H,9,13,15-16H2,(H,27,28). The third-order valence-corrected chi connectivity index (χ3v) is 4.47. The number of carbonyl (C=O) groups is 1. The predicted octanol–water partition coefficient (Wildman–Crippen LogP) is 4.87. The van der Waals surface area contributed by atoms with Gasteiger partial charge in [-0.05, 0) is 41.3 Å². The molecule has 154 valence electrons. The van der Waals surface area contributed by atoms with Gasteiger partial charge >= 0.3 is 5.97 Å². The third-order valence-electron chi connectivity index (χ3n) is 4.47. The topological polar surface area (TPSA) is 79.6 Å². The Morgan fingerprint density at radius 3 is 2.30 bits per heavy atom. The Kier molecular flexibility index (Phi) is 7.16. The zero-order valence-corrected chi connectivity index (χ0v) is 16.3. The average Bonchev–Trinajstić information content (AvgIpc) is 2.76. The first-order valence-corrected chi connectivity index (χ1v) is 9.49. The van der Waals surface area contributed by atoms with Crippen molar-refractivity contribution < 1.29 is 23.8 Å². The number of hydrogen-bond acceptors (Lipinski definition) is 4. The van der Waals surface area contributed by atoms with Crippen LogP contribution in [-0.4, -0.2) is 23.4 Å². The number of ether oxygens (including phenoxy) is 2. The van der Waals surface area contributed by atoms with Crippen LogP contribution < -0.4 is 9.47 Å². The molecule has 0 aromatic heterocycles. The SMILES string of the molecule is N=C(COc1ccc(COc2ccc(CCC(=O)O)c(F)c2)cc1)c1ccccc1. The molecule has 6 heteroatoms. The Labute approximate surface area is 174 Å². The van der Waals surface area contributed by atoms with Gasteiger partial charge in [-0.3, -0.25) is 4.79 Å². The van der Waals surface area contributed by atoms with E-state index in [9.17, 15) is 9.18 Å². The molecule has 5 nitrogen and oxygen atoms in total. The van der Waals surface area contributed by atoms with Gasteiger partial charge in [0.1, 0.15) is 30.5 Å². The van der Waals surface area contributed by atoms with Gasteiger partial charge in [-0.25, -0.2) is 4.39 Å². The molecule has 0 fully saturated rings. The summed E-state index contributed by atoms with van der Waals surface area (Å²) >= 11 is 0. The minimum Gasteiger partial charge on any atom is -0.489 e. The van der Waals surface area contributed by atoms with Crippen molar-refractivity contribution in [1.82, 2.24) is 0 Å². The summed E-state index contributed by atoms with van der Waals surface area (Å²) in [6, 6.07) is 21.1. The lowest BCUT2D eigenvalue weighted by Crippen LogP contribution is -2.11. The van der Waals surface area contributed by atoms with E-state index in [4.69, 9.17) is 20.0 Å². The second kappa shape index (κ2) is 10.2. The van der Waals surface area contributed by atoms with Gasteiger partial charge in [-0.15, -0.1) is 0 Å². The summed E-state index contributed by atoms with van der Waals surface area (Å²) in [5.41, 5.74) is 2.46. The average molecular weight is 407 g/mol. The molecule has 0 atom stereocenters. The van der Waals surface area contributed by atoms with Gasteiger partial charge in [0.15, 0.2) is 0 Å². The van der Waals surface area contributed by atoms with Crippen LogP contribution in [0.3, 0.4) is 0 Å². The number of carboxylic acids is 1. The summed E-state index contributed by atoms with van der Waals surface area (Å²) in [7, 11) is 0. The molecule has 30 heavy (non-hydrogen) atoms. The van der Waals surface area contributed by atoms with Gasteiger partial charge in [-0.1, -0.05) is 48.5 Å². The van der Waals surface area contributed by atoms with Crippen molar-refractivity contribution in [2.24, 2.45) is 0 Å². The molecule has 0 radical (unpaired) electrons. The van der Waals surface area contributed by atoms with Gasteiger partial charge in [0.25, 0.3) is 0 Å². The summed E-state index contributed by atoms with van der Waals surface area (Å²) in [5.74, 6) is -0.408. The lowest BCUT2D eigenvalue weighted by molar-refractivity contribution is -0.136. The minimum absolute atomic E-state index is 0.115. The van der Waals surface area contributed by atoms with Gasteiger partial charge < -0.3 is 20.0 Å². The maximum absolute atomic E-state index is 14.0. The maximum atomic E-state index is 14.0. The van der Waals surface area contributed by atoms with Crippen LogP contribution in [0.5, 0.6) is 11.5 Å². The number of aryl methyl sites for hydroxylation is 1. The lowest BCUT2D eigenvalue weighted by atomic mass is 10.1. The number of nitrogens with one attached hydrogen (secondary N) is 1. The van der Waals surface area contributed by atoms with E-state index in [1.807, 2.05) is 42.5 Å². The number of carboxylic acid groups (broad SMARTS) is 1. The number of aliphatic carboxylic acids is 1. The van der Waals surface area contributed by atoms with Crippen LogP contribution in [0.15, 0.2) is 72.8 Å². The van der Waals surface area contributed by atoms with Crippen molar-refractivity contribution in [1.29, 1.82) is 5.41 Å². The molecule has 0 unspecified atom stereocenters. The van der Waals surface area contributed by atoms with Crippen LogP contribution >= 0.6 is 0 Å². The van der Waals surface area contributed by atoms with Crippen molar-refractivity contribution in [3.8, 4) is 11.5 Å². The quantitative estimate of drug-likeness (QED) is 0.470. The molecule has 0 aliphatic carbocycles. The Bertz CT molecular complexity index is 1000. The highest BCUT2D eigenvalue weighted by Gasteiger charge is 2.07. The fraction of sp³-hybridized carbons (Fsp3) is 0.167. The second-order valence-electron chi connectivity index (χ2n) is 6.71. The van der Waals surface area contributed by atoms with E-state index in [1.165, 1.54) is 6.07 Å². The zero-order chi connectivity index (χ0) is 21.3. The van der Waals surface area contributed by atoms with Crippen LogP contribution in [0.25, 0.3) is 0 Å². The highest BCUT2D eigenvalue weighted by atomic mass is 19.1. The molecule has 0 bridgehead atoms. The van der Waals surface area contributed by atoms with E-state index in [0.29, 0.717) is 22.8 Å². The van der Waals surface area contributed by atoms with Crippen LogP contribution in [0.4, 0.5) is 4.39 Å². The van der Waals surface area contributed by atoms with E-state index in [2.05, 4.69) is 0 Å². The molecule has 2 N–H and O–H groups in total. The number of rotatable bonds is 10. The molecule has 0 saturated heterocycles. The molecule has 3 aromatic carbocycles. The monoisotopic (exact) mass is 407 g/mol. The van der Waals surface area contributed by atoms with Crippen molar-refractivity contribution in [2.75, 3.05) is 6.61 Å². The Morgan fingerprint density at radius 1 is 0.933 bits per heavy atom. The lowest BCUT2D eigenvalue weighted by Gasteiger charge is -2.10. The van der Waals surface area contributed by atoms with Gasteiger partial charge in [-0.2, -0.15) is 0 Å². The van der Waals surface area contributed by atoms with Crippen LogP contribution in [0.1, 0.15) is 23.1 Å². The molecule has 0 heterocycles. The Morgan fingerprint density at radius 2 is 1.63 bits per heavy atom. The molecule has 3 rings (SSSR count). The van der Waals surface area contributed by atoms with Crippen LogP contribution in [0.2, 0.25) is 0 Å². The van der Waals surface area contributed by atoms with Gasteiger partial charge in [0.05, 0.1) is 5.71 Å². The van der Waals surface area contributed by atoms with Crippen molar-refractivity contribution in [2.45, 2.75) is 19.4 Å². The fourth-order valence-corrected chi connectivity index (χ4v) is 2.79. The number of halogens is 1. The normalized spacial score (nSPS) is 10.4. The minimum atomic E-state index is -0.959. The van der Waals surface area contributed by atoms with Crippen molar-refractivity contribution in [3.63, 3.8) is 0 Å². The molecular formula is C24H22FNO4. The molecule has 0 spiro atoms. The van der Waals surface area contributed by atoms with E-state index >= 15 is 0 Å². The summed E-state index contributed by atoms with van der Waals surface area (Å²) in [4.78, 5) is 10.6. The van der Waals surface area contributed by atoms with E-state index < -0.39 is 11.8 Å². The molecule has 3 aromatic rings. The number of benzene rings is 3. The molecular weight excluding hydrogens is 385 g/mol. The fourth-order valence-electron chi connectivity index (χ4n) is 2.79. The molecule has 0 aliphatic rings. The van der Waals surface area contributed by atoms with Gasteiger partial charge in [0.2, 0.25) is 0 Å². The first-order valence-electron chi connectivity index (χ1n) is 9.49. The molecule has 0 saturated carbocycles. The Hall–Kier alpha value is -3.67. The zero-order valence-electron chi connectivity index (χ0n) is 16.3. The van der Waals surface area contributed by atoms with E-state index in [1.54, 1.807) is 24.3 Å². The molecule has 0 amide bonds. The second-order valence-corrected chi connectivity index (χ2v) is 6.71. The van der Waals surface area contributed by atoms with Gasteiger partial charge in [0, 0.05) is 12.5 Å². The third kappa shape index (κ3) is 6.17. The van der Waals surface area contributed by atoms with E-state index in [-0.39, 0.29) is 26.1 Å². The summed E-state index contributed by atoms with van der Waals surface area (Å²) in [5, 5.41) is 16.8. The maximum Gasteiger partial charge on any atom is 0.303 e. The summed E-state index contributed by atoms with van der Waals surface area (Å²) in [6.45, 7) is 0.432. The summed E-state index contributed by atoms with van der Waals surface area (Å²) < 4.78 is 25.3. The smallest absolute Gasteiger partial charge is 0.303 e. The first kappa shape index (κ1) is 21.0.